The van der Waals surface area contributed by atoms with Crippen molar-refractivity contribution in [2.24, 2.45) is 0 Å². The number of nitrogens with zero attached hydrogens (tertiary/aromatic N) is 1. The molecule has 0 spiro atoms. The summed E-state index contributed by atoms with van der Waals surface area (Å²) >= 11 is 0. The van der Waals surface area contributed by atoms with Gasteiger partial charge in [0.1, 0.15) is 0 Å². The van der Waals surface area contributed by atoms with Gasteiger partial charge >= 0.3 is 0 Å². The van der Waals surface area contributed by atoms with E-state index in [1.54, 1.807) is 0 Å². The number of rotatable bonds is 3. The summed E-state index contributed by atoms with van der Waals surface area (Å²) in [6.07, 6.45) is 0. The number of hydrogen-bond donors (Lipinski definition) is 1. The Kier molecular flexibility index (Phi) is 3.48. The molecular weight excluding hydrogens is 212 g/mol. The van der Waals surface area contributed by atoms with Crippen LogP contribution >= 0.6 is 0 Å². The highest BCUT2D eigenvalue weighted by molar-refractivity contribution is 5.96. The second-order valence-electron chi connectivity index (χ2n) is 4.72. The molecular formula is C14H20N2O. The monoisotopic (exact) mass is 232 g/mol. The molecule has 0 radical (unpaired) electrons. The maximum Gasteiger partial charge on any atom is 0.254 e. The highest BCUT2D eigenvalue weighted by Crippen LogP contribution is 2.16. The molecule has 1 heterocycles. The van der Waals surface area contributed by atoms with Gasteiger partial charge in [-0.05, 0) is 32.4 Å². The lowest BCUT2D eigenvalue weighted by molar-refractivity contribution is 0.0629. The molecule has 0 atom stereocenters. The second-order valence-corrected chi connectivity index (χ2v) is 4.72. The Bertz CT molecular complexity index is 424. The molecule has 1 aliphatic heterocycles. The van der Waals surface area contributed by atoms with Gasteiger partial charge < -0.3 is 10.2 Å². The van der Waals surface area contributed by atoms with Crippen molar-refractivity contribution in [1.29, 1.82) is 0 Å². The number of aryl methyl sites for hydroxylation is 2. The number of likely N-dealkylation sites (N-methyl/N-ethyl adjacent to an activating group) is 1. The van der Waals surface area contributed by atoms with E-state index >= 15 is 0 Å². The number of carbonyl (C=O) groups excluding carboxylic acids is 1. The van der Waals surface area contributed by atoms with Crippen molar-refractivity contribution in [3.63, 3.8) is 0 Å². The van der Waals surface area contributed by atoms with Crippen LogP contribution in [-0.2, 0) is 0 Å². The molecule has 1 N–H and O–H groups in total. The van der Waals surface area contributed by atoms with Crippen LogP contribution in [0.1, 0.15) is 28.4 Å². The van der Waals surface area contributed by atoms with Crippen molar-refractivity contribution < 1.29 is 4.79 Å². The van der Waals surface area contributed by atoms with Gasteiger partial charge in [0.05, 0.1) is 6.04 Å². The van der Waals surface area contributed by atoms with Gasteiger partial charge in [-0.2, -0.15) is 0 Å². The van der Waals surface area contributed by atoms with E-state index in [4.69, 9.17) is 0 Å². The maximum absolute atomic E-state index is 12.4. The summed E-state index contributed by atoms with van der Waals surface area (Å²) in [5.74, 6) is 0.163. The fourth-order valence-electron chi connectivity index (χ4n) is 2.27. The molecule has 92 valence electrons. The first-order valence-electron chi connectivity index (χ1n) is 6.22. The summed E-state index contributed by atoms with van der Waals surface area (Å²) in [6, 6.07) is 6.39. The van der Waals surface area contributed by atoms with Gasteiger partial charge in [0.15, 0.2) is 0 Å². The van der Waals surface area contributed by atoms with Crippen LogP contribution in [0.25, 0.3) is 0 Å². The van der Waals surface area contributed by atoms with Crippen molar-refractivity contribution in [3.8, 4) is 0 Å². The Labute approximate surface area is 103 Å². The Balaban J connectivity index is 2.22. The van der Waals surface area contributed by atoms with Crippen LogP contribution in [0.2, 0.25) is 0 Å². The van der Waals surface area contributed by atoms with Crippen molar-refractivity contribution in [2.75, 3.05) is 19.6 Å². The molecule has 3 heteroatoms. The fourth-order valence-corrected chi connectivity index (χ4v) is 2.27. The lowest BCUT2D eigenvalue weighted by Gasteiger charge is -2.37. The van der Waals surface area contributed by atoms with E-state index in [0.29, 0.717) is 6.04 Å². The fraction of sp³-hybridized carbons (Fsp3) is 0.500. The predicted octanol–water partition coefficient (Wildman–Crippen LogP) is 1.74. The minimum Gasteiger partial charge on any atom is -0.333 e. The average Bonchev–Trinajstić information content (AvgIpc) is 2.22. The molecule has 0 unspecified atom stereocenters. The number of benzene rings is 1. The second kappa shape index (κ2) is 4.88. The van der Waals surface area contributed by atoms with Gasteiger partial charge in [-0.3, -0.25) is 4.79 Å². The molecule has 1 aliphatic rings. The first kappa shape index (κ1) is 12.1. The van der Waals surface area contributed by atoms with Crippen molar-refractivity contribution in [2.45, 2.75) is 26.8 Å². The third-order valence-corrected chi connectivity index (χ3v) is 3.41. The molecule has 17 heavy (non-hydrogen) atoms. The van der Waals surface area contributed by atoms with E-state index < -0.39 is 0 Å². The highest BCUT2D eigenvalue weighted by Gasteiger charge is 2.28. The topological polar surface area (TPSA) is 32.3 Å². The quantitative estimate of drug-likeness (QED) is 0.861. The zero-order valence-electron chi connectivity index (χ0n) is 10.8. The zero-order valence-corrected chi connectivity index (χ0v) is 10.8. The predicted molar refractivity (Wildman–Crippen MR) is 69.3 cm³/mol. The smallest absolute Gasteiger partial charge is 0.254 e. The summed E-state index contributed by atoms with van der Waals surface area (Å²) in [4.78, 5) is 14.4. The number of hydrogen-bond acceptors (Lipinski definition) is 2. The molecule has 1 fully saturated rings. The molecule has 1 aromatic carbocycles. The van der Waals surface area contributed by atoms with Gasteiger partial charge in [0, 0.05) is 25.2 Å². The van der Waals surface area contributed by atoms with E-state index in [1.807, 2.05) is 30.9 Å². The first-order chi connectivity index (χ1) is 8.13. The molecule has 0 aliphatic carbocycles. The zero-order chi connectivity index (χ0) is 12.4. The summed E-state index contributed by atoms with van der Waals surface area (Å²) in [5.41, 5.74) is 3.11. The summed E-state index contributed by atoms with van der Waals surface area (Å²) in [6.45, 7) is 8.72. The van der Waals surface area contributed by atoms with Crippen LogP contribution in [0.4, 0.5) is 0 Å². The lowest BCUT2D eigenvalue weighted by atomic mass is 10.0. The minimum absolute atomic E-state index is 0.163. The molecule has 0 aromatic heterocycles. The molecule has 0 bridgehead atoms. The van der Waals surface area contributed by atoms with E-state index in [1.165, 1.54) is 5.56 Å². The van der Waals surface area contributed by atoms with E-state index in [0.717, 1.165) is 30.8 Å². The van der Waals surface area contributed by atoms with Crippen LogP contribution in [-0.4, -0.2) is 36.5 Å². The third kappa shape index (κ3) is 2.34. The molecule has 1 aromatic rings. The van der Waals surface area contributed by atoms with Crippen LogP contribution in [0, 0.1) is 13.8 Å². The third-order valence-electron chi connectivity index (χ3n) is 3.41. The largest absolute Gasteiger partial charge is 0.333 e. The normalized spacial score (nSPS) is 15.5. The Morgan fingerprint density at radius 1 is 1.41 bits per heavy atom. The van der Waals surface area contributed by atoms with Gasteiger partial charge in [-0.15, -0.1) is 0 Å². The van der Waals surface area contributed by atoms with Gasteiger partial charge in [-0.25, -0.2) is 0 Å². The molecule has 1 amide bonds. The van der Waals surface area contributed by atoms with Gasteiger partial charge in [0.2, 0.25) is 0 Å². The van der Waals surface area contributed by atoms with Crippen LogP contribution in [0.3, 0.4) is 0 Å². The van der Waals surface area contributed by atoms with E-state index in [9.17, 15) is 4.79 Å². The molecule has 1 saturated heterocycles. The first-order valence-corrected chi connectivity index (χ1v) is 6.22. The number of nitrogens with one attached hydrogen (secondary N) is 1. The number of carbonyl (C=O) groups is 1. The molecule has 2 rings (SSSR count). The van der Waals surface area contributed by atoms with Crippen molar-refractivity contribution >= 4 is 5.91 Å². The minimum atomic E-state index is 0.163. The Morgan fingerprint density at radius 3 is 2.59 bits per heavy atom. The average molecular weight is 232 g/mol. The Morgan fingerprint density at radius 2 is 2.12 bits per heavy atom. The maximum atomic E-state index is 12.4. The summed E-state index contributed by atoms with van der Waals surface area (Å²) in [7, 11) is 0. The van der Waals surface area contributed by atoms with Crippen LogP contribution < -0.4 is 5.32 Å². The Hall–Kier alpha value is -1.35. The van der Waals surface area contributed by atoms with Gasteiger partial charge in [-0.1, -0.05) is 17.7 Å². The molecule has 3 nitrogen and oxygen atoms in total. The SMILES string of the molecule is CCN(C(=O)c1ccc(C)cc1C)C1CNC1. The van der Waals surface area contributed by atoms with E-state index in [2.05, 4.69) is 18.3 Å². The summed E-state index contributed by atoms with van der Waals surface area (Å²) in [5, 5.41) is 3.21. The van der Waals surface area contributed by atoms with Crippen LogP contribution in [0.5, 0.6) is 0 Å². The van der Waals surface area contributed by atoms with E-state index in [-0.39, 0.29) is 5.91 Å². The van der Waals surface area contributed by atoms with Crippen LogP contribution in [0.15, 0.2) is 18.2 Å². The standard InChI is InChI=1S/C14H20N2O/c1-4-16(12-8-15-9-12)14(17)13-6-5-10(2)7-11(13)3/h5-7,12,15H,4,8-9H2,1-3H3. The highest BCUT2D eigenvalue weighted by atomic mass is 16.2. The van der Waals surface area contributed by atoms with Crippen molar-refractivity contribution in [3.05, 3.63) is 34.9 Å². The lowest BCUT2D eigenvalue weighted by Crippen LogP contribution is -2.58. The van der Waals surface area contributed by atoms with Crippen molar-refractivity contribution in [1.82, 2.24) is 10.2 Å². The van der Waals surface area contributed by atoms with Gasteiger partial charge in [0.25, 0.3) is 5.91 Å². The molecule has 0 saturated carbocycles. The number of amides is 1. The summed E-state index contributed by atoms with van der Waals surface area (Å²) < 4.78 is 0.